The van der Waals surface area contributed by atoms with Crippen molar-refractivity contribution in [2.75, 3.05) is 19.7 Å². The molecule has 1 unspecified atom stereocenters. The Morgan fingerprint density at radius 2 is 2.00 bits per heavy atom. The standard InChI is InChI=1S/C17H27N3O3/c1-3-4-9-20(10-11-21)16(22)12-15(19-17(18)23)14-8-6-5-7-13(14)2/h5-8,15,21H,3-4,9-12H2,1-2H3,(H3,18,19,23). The summed E-state index contributed by atoms with van der Waals surface area (Å²) in [5.41, 5.74) is 7.12. The summed E-state index contributed by atoms with van der Waals surface area (Å²) in [6, 6.07) is 6.45. The van der Waals surface area contributed by atoms with Gasteiger partial charge < -0.3 is 21.1 Å². The molecule has 0 spiro atoms. The minimum absolute atomic E-state index is 0.0757. The molecule has 4 N–H and O–H groups in total. The molecule has 1 aromatic rings. The van der Waals surface area contributed by atoms with E-state index in [2.05, 4.69) is 5.32 Å². The number of hydrogen-bond acceptors (Lipinski definition) is 3. The molecule has 6 nitrogen and oxygen atoms in total. The van der Waals surface area contributed by atoms with Crippen molar-refractivity contribution in [2.45, 2.75) is 39.2 Å². The number of hydrogen-bond donors (Lipinski definition) is 3. The lowest BCUT2D eigenvalue weighted by Crippen LogP contribution is -2.40. The van der Waals surface area contributed by atoms with Crippen LogP contribution in [0, 0.1) is 6.92 Å². The van der Waals surface area contributed by atoms with Gasteiger partial charge in [0.25, 0.3) is 0 Å². The van der Waals surface area contributed by atoms with Gasteiger partial charge in [-0.3, -0.25) is 4.79 Å². The highest BCUT2D eigenvalue weighted by molar-refractivity contribution is 5.79. The fourth-order valence-electron chi connectivity index (χ4n) is 2.52. The summed E-state index contributed by atoms with van der Waals surface area (Å²) in [5.74, 6) is -0.102. The van der Waals surface area contributed by atoms with E-state index in [9.17, 15) is 9.59 Å². The van der Waals surface area contributed by atoms with Gasteiger partial charge in [0.15, 0.2) is 0 Å². The van der Waals surface area contributed by atoms with E-state index >= 15 is 0 Å². The lowest BCUT2D eigenvalue weighted by molar-refractivity contribution is -0.132. The van der Waals surface area contributed by atoms with Gasteiger partial charge in [-0.2, -0.15) is 0 Å². The van der Waals surface area contributed by atoms with Crippen LogP contribution in [-0.2, 0) is 4.79 Å². The highest BCUT2D eigenvalue weighted by Gasteiger charge is 2.22. The van der Waals surface area contributed by atoms with Crippen molar-refractivity contribution in [1.29, 1.82) is 0 Å². The third-order valence-electron chi connectivity index (χ3n) is 3.76. The lowest BCUT2D eigenvalue weighted by Gasteiger charge is -2.25. The molecule has 0 bridgehead atoms. The summed E-state index contributed by atoms with van der Waals surface area (Å²) >= 11 is 0. The minimum atomic E-state index is -0.659. The quantitative estimate of drug-likeness (QED) is 0.646. The molecule has 0 radical (unpaired) electrons. The van der Waals surface area contributed by atoms with Gasteiger partial charge in [0.2, 0.25) is 5.91 Å². The van der Waals surface area contributed by atoms with E-state index in [0.29, 0.717) is 13.1 Å². The number of primary amides is 1. The number of aliphatic hydroxyl groups is 1. The van der Waals surface area contributed by atoms with Gasteiger partial charge in [-0.15, -0.1) is 0 Å². The van der Waals surface area contributed by atoms with Crippen LogP contribution in [0.15, 0.2) is 24.3 Å². The predicted molar refractivity (Wildman–Crippen MR) is 89.8 cm³/mol. The number of unbranched alkanes of at least 4 members (excludes halogenated alkanes) is 1. The third kappa shape index (κ3) is 6.28. The number of aliphatic hydroxyl groups excluding tert-OH is 1. The van der Waals surface area contributed by atoms with Gasteiger partial charge in [0, 0.05) is 13.1 Å². The smallest absolute Gasteiger partial charge is 0.312 e. The molecule has 0 saturated carbocycles. The van der Waals surface area contributed by atoms with Crippen LogP contribution in [-0.4, -0.2) is 41.6 Å². The first kappa shape index (κ1) is 19.0. The van der Waals surface area contributed by atoms with Crippen molar-refractivity contribution < 1.29 is 14.7 Å². The largest absolute Gasteiger partial charge is 0.395 e. The van der Waals surface area contributed by atoms with Crippen molar-refractivity contribution in [3.8, 4) is 0 Å². The van der Waals surface area contributed by atoms with Crippen LogP contribution < -0.4 is 11.1 Å². The zero-order chi connectivity index (χ0) is 17.2. The maximum atomic E-state index is 12.5. The maximum Gasteiger partial charge on any atom is 0.312 e. The zero-order valence-corrected chi connectivity index (χ0v) is 13.9. The topological polar surface area (TPSA) is 95.7 Å². The van der Waals surface area contributed by atoms with Crippen molar-refractivity contribution in [2.24, 2.45) is 5.73 Å². The molecule has 0 heterocycles. The minimum Gasteiger partial charge on any atom is -0.395 e. The molecule has 3 amide bonds. The molecule has 23 heavy (non-hydrogen) atoms. The summed E-state index contributed by atoms with van der Waals surface area (Å²) in [4.78, 5) is 25.5. The molecule has 128 valence electrons. The van der Waals surface area contributed by atoms with Crippen LogP contribution in [0.2, 0.25) is 0 Å². The molecule has 1 aromatic carbocycles. The number of nitrogens with two attached hydrogens (primary N) is 1. The first-order chi connectivity index (χ1) is 11.0. The highest BCUT2D eigenvalue weighted by atomic mass is 16.3. The van der Waals surface area contributed by atoms with E-state index in [1.165, 1.54) is 0 Å². The number of carbonyl (C=O) groups excluding carboxylic acids is 2. The highest BCUT2D eigenvalue weighted by Crippen LogP contribution is 2.21. The Morgan fingerprint density at radius 1 is 1.30 bits per heavy atom. The molecule has 1 atom stereocenters. The third-order valence-corrected chi connectivity index (χ3v) is 3.76. The number of amides is 3. The molecule has 6 heteroatoms. The molecule has 0 aliphatic rings. The number of aryl methyl sites for hydroxylation is 1. The van der Waals surface area contributed by atoms with Gasteiger partial charge in [0.05, 0.1) is 19.1 Å². The Bertz CT molecular complexity index is 520. The number of nitrogens with one attached hydrogen (secondary N) is 1. The summed E-state index contributed by atoms with van der Waals surface area (Å²) in [5, 5.41) is 11.8. The second-order valence-corrected chi connectivity index (χ2v) is 5.58. The van der Waals surface area contributed by atoms with Crippen LogP contribution in [0.1, 0.15) is 43.4 Å². The van der Waals surface area contributed by atoms with Gasteiger partial charge >= 0.3 is 6.03 Å². The Morgan fingerprint density at radius 3 is 2.57 bits per heavy atom. The van der Waals surface area contributed by atoms with Crippen LogP contribution >= 0.6 is 0 Å². The predicted octanol–water partition coefficient (Wildman–Crippen LogP) is 1.72. The number of benzene rings is 1. The SMILES string of the molecule is CCCCN(CCO)C(=O)CC(NC(N)=O)c1ccccc1C. The van der Waals surface area contributed by atoms with E-state index in [1.54, 1.807) is 4.90 Å². The van der Waals surface area contributed by atoms with Crippen molar-refractivity contribution >= 4 is 11.9 Å². The Kier molecular flexibility index (Phi) is 8.11. The second kappa shape index (κ2) is 9.84. The Balaban J connectivity index is 2.89. The summed E-state index contributed by atoms with van der Waals surface area (Å²) in [7, 11) is 0. The maximum absolute atomic E-state index is 12.5. The van der Waals surface area contributed by atoms with Crippen LogP contribution in [0.5, 0.6) is 0 Å². The van der Waals surface area contributed by atoms with Crippen molar-refractivity contribution in [3.05, 3.63) is 35.4 Å². The van der Waals surface area contributed by atoms with Crippen LogP contribution in [0.4, 0.5) is 4.79 Å². The fourth-order valence-corrected chi connectivity index (χ4v) is 2.52. The van der Waals surface area contributed by atoms with E-state index in [0.717, 1.165) is 24.0 Å². The van der Waals surface area contributed by atoms with E-state index in [4.69, 9.17) is 10.8 Å². The Hall–Kier alpha value is -2.08. The van der Waals surface area contributed by atoms with Crippen molar-refractivity contribution in [3.63, 3.8) is 0 Å². The Labute approximate surface area is 137 Å². The van der Waals surface area contributed by atoms with E-state index in [-0.39, 0.29) is 18.9 Å². The molecule has 1 rings (SSSR count). The number of rotatable bonds is 9. The zero-order valence-electron chi connectivity index (χ0n) is 13.9. The van der Waals surface area contributed by atoms with Crippen LogP contribution in [0.25, 0.3) is 0 Å². The van der Waals surface area contributed by atoms with Gasteiger partial charge in [-0.1, -0.05) is 37.6 Å². The van der Waals surface area contributed by atoms with Gasteiger partial charge in [-0.25, -0.2) is 4.79 Å². The van der Waals surface area contributed by atoms with Crippen molar-refractivity contribution in [1.82, 2.24) is 10.2 Å². The second-order valence-electron chi connectivity index (χ2n) is 5.58. The lowest BCUT2D eigenvalue weighted by atomic mass is 9.98. The van der Waals surface area contributed by atoms with Gasteiger partial charge in [0.1, 0.15) is 0 Å². The monoisotopic (exact) mass is 321 g/mol. The fraction of sp³-hybridized carbons (Fsp3) is 0.529. The van der Waals surface area contributed by atoms with E-state index in [1.807, 2.05) is 38.1 Å². The van der Waals surface area contributed by atoms with Gasteiger partial charge in [-0.05, 0) is 24.5 Å². The molecular formula is C17H27N3O3. The molecule has 0 fully saturated rings. The molecular weight excluding hydrogens is 294 g/mol. The molecule has 0 aliphatic carbocycles. The first-order valence-corrected chi connectivity index (χ1v) is 7.99. The molecule has 0 saturated heterocycles. The summed E-state index contributed by atoms with van der Waals surface area (Å²) in [6.07, 6.45) is 1.97. The number of urea groups is 1. The summed E-state index contributed by atoms with van der Waals surface area (Å²) < 4.78 is 0. The number of carbonyl (C=O) groups is 2. The van der Waals surface area contributed by atoms with Crippen LogP contribution in [0.3, 0.4) is 0 Å². The summed E-state index contributed by atoms with van der Waals surface area (Å²) in [6.45, 7) is 4.81. The molecule has 0 aliphatic heterocycles. The average Bonchev–Trinajstić information content (AvgIpc) is 2.50. The van der Waals surface area contributed by atoms with E-state index < -0.39 is 12.1 Å². The first-order valence-electron chi connectivity index (χ1n) is 7.99. The number of nitrogens with zero attached hydrogens (tertiary/aromatic N) is 1. The average molecular weight is 321 g/mol. The molecule has 0 aromatic heterocycles. The normalized spacial score (nSPS) is 11.8.